The van der Waals surface area contributed by atoms with Crippen LogP contribution < -0.4 is 4.90 Å². The number of carbonyl (C=O) groups excluding carboxylic acids is 1. The number of hydrogen-bond acceptors (Lipinski definition) is 6. The van der Waals surface area contributed by atoms with Crippen LogP contribution in [0.2, 0.25) is 0 Å². The molecule has 1 saturated heterocycles. The first-order chi connectivity index (χ1) is 8.73. The highest BCUT2D eigenvalue weighted by molar-refractivity contribution is 7.91. The van der Waals surface area contributed by atoms with Gasteiger partial charge in [0, 0.05) is 18.5 Å². The lowest BCUT2D eigenvalue weighted by atomic mass is 9.91. The third-order valence-corrected chi connectivity index (χ3v) is 5.73. The average molecular weight is 302 g/mol. The maximum atomic E-state index is 11.4. The summed E-state index contributed by atoms with van der Waals surface area (Å²) in [5, 5.41) is 0.752. The van der Waals surface area contributed by atoms with Gasteiger partial charge in [-0.15, -0.1) is 0 Å². The number of aromatic nitrogens is 1. The van der Waals surface area contributed by atoms with Gasteiger partial charge < -0.3 is 4.90 Å². The molecule has 0 aromatic carbocycles. The quantitative estimate of drug-likeness (QED) is 0.774. The lowest BCUT2D eigenvalue weighted by molar-refractivity contribution is 0.112. The molecule has 0 spiro atoms. The number of sulfone groups is 1. The van der Waals surface area contributed by atoms with Gasteiger partial charge in [0.25, 0.3) is 0 Å². The molecule has 2 heterocycles. The monoisotopic (exact) mass is 302 g/mol. The molecule has 7 heteroatoms. The fourth-order valence-electron chi connectivity index (χ4n) is 1.98. The largest absolute Gasteiger partial charge is 0.346 e. The van der Waals surface area contributed by atoms with E-state index in [2.05, 4.69) is 4.98 Å². The second kappa shape index (κ2) is 4.86. The molecule has 0 saturated carbocycles. The predicted molar refractivity (Wildman–Crippen MR) is 77.1 cm³/mol. The molecule has 1 aliphatic heterocycles. The van der Waals surface area contributed by atoms with Crippen molar-refractivity contribution in [3.63, 3.8) is 0 Å². The maximum Gasteiger partial charge on any atom is 0.186 e. The fraction of sp³-hybridized carbons (Fsp3) is 0.667. The number of aldehydes is 1. The fourth-order valence-corrected chi connectivity index (χ4v) is 4.32. The second-order valence-corrected chi connectivity index (χ2v) is 9.03. The minimum Gasteiger partial charge on any atom is -0.346 e. The first kappa shape index (κ1) is 14.5. The third kappa shape index (κ3) is 3.14. The SMILES string of the molecule is CC(C)(C)c1nc(N2CCS(=O)(=O)CC2)sc1C=O. The van der Waals surface area contributed by atoms with E-state index in [1.807, 2.05) is 25.7 Å². The molecule has 0 amide bonds. The molecule has 1 aromatic heterocycles. The van der Waals surface area contributed by atoms with Crippen LogP contribution in [0, 0.1) is 0 Å². The molecule has 1 aromatic rings. The van der Waals surface area contributed by atoms with Crippen LogP contribution >= 0.6 is 11.3 Å². The topological polar surface area (TPSA) is 67.3 Å². The number of nitrogens with zero attached hydrogens (tertiary/aromatic N) is 2. The van der Waals surface area contributed by atoms with E-state index in [0.29, 0.717) is 18.0 Å². The predicted octanol–water partition coefficient (Wildman–Crippen LogP) is 1.49. The molecule has 0 unspecified atom stereocenters. The van der Waals surface area contributed by atoms with E-state index in [0.717, 1.165) is 17.1 Å². The van der Waals surface area contributed by atoms with Gasteiger partial charge in [0.2, 0.25) is 0 Å². The Morgan fingerprint density at radius 3 is 2.26 bits per heavy atom. The molecular formula is C12H18N2O3S2. The number of hydrogen-bond donors (Lipinski definition) is 0. The molecule has 19 heavy (non-hydrogen) atoms. The van der Waals surface area contributed by atoms with Crippen molar-refractivity contribution in [3.8, 4) is 0 Å². The van der Waals surface area contributed by atoms with E-state index >= 15 is 0 Å². The Kier molecular flexibility index (Phi) is 3.70. The Hall–Kier alpha value is -0.950. The molecule has 0 aliphatic carbocycles. The van der Waals surface area contributed by atoms with Crippen molar-refractivity contribution in [2.45, 2.75) is 26.2 Å². The van der Waals surface area contributed by atoms with E-state index < -0.39 is 9.84 Å². The van der Waals surface area contributed by atoms with E-state index in [9.17, 15) is 13.2 Å². The van der Waals surface area contributed by atoms with Gasteiger partial charge in [-0.3, -0.25) is 4.79 Å². The third-order valence-electron chi connectivity index (χ3n) is 3.07. The van der Waals surface area contributed by atoms with E-state index in [1.54, 1.807) is 0 Å². The van der Waals surface area contributed by atoms with E-state index in [-0.39, 0.29) is 16.9 Å². The van der Waals surface area contributed by atoms with Gasteiger partial charge in [0.15, 0.2) is 21.3 Å². The lowest BCUT2D eigenvalue weighted by Gasteiger charge is -2.26. The molecule has 0 radical (unpaired) electrons. The standard InChI is InChI=1S/C12H18N2O3S2/c1-12(2,3)10-9(8-15)18-11(13-10)14-4-6-19(16,17)7-5-14/h8H,4-7H2,1-3H3. The first-order valence-electron chi connectivity index (χ1n) is 6.15. The van der Waals surface area contributed by atoms with Crippen molar-refractivity contribution < 1.29 is 13.2 Å². The molecule has 0 bridgehead atoms. The van der Waals surface area contributed by atoms with Gasteiger partial charge >= 0.3 is 0 Å². The van der Waals surface area contributed by atoms with E-state index in [1.165, 1.54) is 11.3 Å². The summed E-state index contributed by atoms with van der Waals surface area (Å²) in [6.45, 7) is 6.95. The zero-order valence-corrected chi connectivity index (χ0v) is 13.0. The van der Waals surface area contributed by atoms with Crippen LogP contribution in [-0.2, 0) is 15.3 Å². The van der Waals surface area contributed by atoms with Crippen LogP contribution in [0.5, 0.6) is 0 Å². The van der Waals surface area contributed by atoms with Crippen LogP contribution in [0.25, 0.3) is 0 Å². The summed E-state index contributed by atoms with van der Waals surface area (Å²) in [4.78, 5) is 18.3. The van der Waals surface area contributed by atoms with Crippen molar-refractivity contribution in [1.82, 2.24) is 4.98 Å². The van der Waals surface area contributed by atoms with Gasteiger partial charge in [0.05, 0.1) is 22.1 Å². The van der Waals surface area contributed by atoms with Crippen LogP contribution in [0.15, 0.2) is 0 Å². The summed E-state index contributed by atoms with van der Waals surface area (Å²) in [7, 11) is -2.90. The summed E-state index contributed by atoms with van der Waals surface area (Å²) >= 11 is 1.34. The lowest BCUT2D eigenvalue weighted by Crippen LogP contribution is -2.40. The van der Waals surface area contributed by atoms with Crippen molar-refractivity contribution in [3.05, 3.63) is 10.6 Å². The van der Waals surface area contributed by atoms with E-state index in [4.69, 9.17) is 0 Å². The van der Waals surface area contributed by atoms with Gasteiger partial charge in [-0.2, -0.15) is 0 Å². The molecule has 1 fully saturated rings. The molecule has 5 nitrogen and oxygen atoms in total. The average Bonchev–Trinajstić information content (AvgIpc) is 2.72. The molecule has 1 aliphatic rings. The van der Waals surface area contributed by atoms with Crippen LogP contribution in [0.1, 0.15) is 36.1 Å². The zero-order valence-electron chi connectivity index (χ0n) is 11.3. The first-order valence-corrected chi connectivity index (χ1v) is 8.78. The summed E-state index contributed by atoms with van der Waals surface area (Å²) in [6, 6.07) is 0. The Bertz CT molecular complexity index is 571. The highest BCUT2D eigenvalue weighted by Crippen LogP contribution is 2.33. The summed E-state index contributed by atoms with van der Waals surface area (Å²) < 4.78 is 22.8. The van der Waals surface area contributed by atoms with Crippen LogP contribution in [-0.4, -0.2) is 44.3 Å². The van der Waals surface area contributed by atoms with Crippen LogP contribution in [0.3, 0.4) is 0 Å². The Morgan fingerprint density at radius 1 is 1.26 bits per heavy atom. The molecule has 106 valence electrons. The molecule has 2 rings (SSSR count). The number of carbonyl (C=O) groups is 1. The summed E-state index contributed by atoms with van der Waals surface area (Å²) in [6.07, 6.45) is 0.836. The minimum atomic E-state index is -2.90. The van der Waals surface area contributed by atoms with Gasteiger partial charge in [-0.05, 0) is 0 Å². The zero-order chi connectivity index (χ0) is 14.3. The smallest absolute Gasteiger partial charge is 0.186 e. The Morgan fingerprint density at radius 2 is 1.84 bits per heavy atom. The second-order valence-electron chi connectivity index (χ2n) is 5.72. The molecule has 0 N–H and O–H groups in total. The highest BCUT2D eigenvalue weighted by atomic mass is 32.2. The Labute approximate surface area is 117 Å². The van der Waals surface area contributed by atoms with Crippen molar-refractivity contribution >= 4 is 32.6 Å². The highest BCUT2D eigenvalue weighted by Gasteiger charge is 2.28. The number of rotatable bonds is 2. The molecule has 0 atom stereocenters. The number of thiazole rings is 1. The van der Waals surface area contributed by atoms with Gasteiger partial charge in [0.1, 0.15) is 0 Å². The van der Waals surface area contributed by atoms with Crippen molar-refractivity contribution in [1.29, 1.82) is 0 Å². The number of anilines is 1. The molecular weight excluding hydrogens is 284 g/mol. The van der Waals surface area contributed by atoms with Crippen LogP contribution in [0.4, 0.5) is 5.13 Å². The summed E-state index contributed by atoms with van der Waals surface area (Å²) in [5.41, 5.74) is 0.600. The van der Waals surface area contributed by atoms with Gasteiger partial charge in [-0.1, -0.05) is 32.1 Å². The Balaban J connectivity index is 2.28. The van der Waals surface area contributed by atoms with Crippen molar-refractivity contribution in [2.24, 2.45) is 0 Å². The minimum absolute atomic E-state index is 0.161. The normalized spacial score (nSPS) is 19.4. The maximum absolute atomic E-state index is 11.4. The van der Waals surface area contributed by atoms with Gasteiger partial charge in [-0.25, -0.2) is 13.4 Å². The summed E-state index contributed by atoms with van der Waals surface area (Å²) in [5.74, 6) is 0.321. The van der Waals surface area contributed by atoms with Crippen molar-refractivity contribution in [2.75, 3.05) is 29.5 Å².